The van der Waals surface area contributed by atoms with E-state index in [1.807, 2.05) is 0 Å². The van der Waals surface area contributed by atoms with Gasteiger partial charge in [-0.05, 0) is 24.3 Å². The van der Waals surface area contributed by atoms with E-state index >= 15 is 4.39 Å². The van der Waals surface area contributed by atoms with E-state index in [-0.39, 0.29) is 5.56 Å². The van der Waals surface area contributed by atoms with Crippen LogP contribution >= 0.6 is 0 Å². The Morgan fingerprint density at radius 2 is 1.93 bits per heavy atom. The standard InChI is InChI=1S/C17H13F3N4O4S/c1-23(17(25)26)8-10-9-24(29(27,28)13-5-4-11(18)7-22-13)15(14(10)19)12-3-2-6-21-16(12)20/h2-7,9H,8H2,1H3,(H,25,26). The van der Waals surface area contributed by atoms with Gasteiger partial charge < -0.3 is 10.0 Å². The molecule has 0 aliphatic heterocycles. The van der Waals surface area contributed by atoms with E-state index in [2.05, 4.69) is 9.97 Å². The molecule has 1 amide bonds. The van der Waals surface area contributed by atoms with Crippen molar-refractivity contribution < 1.29 is 31.5 Å². The molecule has 29 heavy (non-hydrogen) atoms. The summed E-state index contributed by atoms with van der Waals surface area (Å²) in [6.45, 7) is -0.505. The highest BCUT2D eigenvalue weighted by atomic mass is 32.2. The maximum Gasteiger partial charge on any atom is 0.407 e. The van der Waals surface area contributed by atoms with Gasteiger partial charge in [0.1, 0.15) is 11.5 Å². The average Bonchev–Trinajstić information content (AvgIpc) is 2.99. The molecular weight excluding hydrogens is 413 g/mol. The fourth-order valence-electron chi connectivity index (χ4n) is 2.55. The van der Waals surface area contributed by atoms with Crippen molar-refractivity contribution in [1.82, 2.24) is 18.8 Å². The van der Waals surface area contributed by atoms with Crippen molar-refractivity contribution in [3.63, 3.8) is 0 Å². The zero-order valence-corrected chi connectivity index (χ0v) is 15.6. The molecule has 152 valence electrons. The summed E-state index contributed by atoms with van der Waals surface area (Å²) in [5.74, 6) is -3.06. The Labute approximate surface area is 162 Å². The highest BCUT2D eigenvalue weighted by Gasteiger charge is 2.30. The van der Waals surface area contributed by atoms with Crippen LogP contribution in [0.5, 0.6) is 0 Å². The van der Waals surface area contributed by atoms with Crippen molar-refractivity contribution >= 4 is 16.1 Å². The van der Waals surface area contributed by atoms with Crippen molar-refractivity contribution in [2.45, 2.75) is 11.6 Å². The quantitative estimate of drug-likeness (QED) is 0.629. The molecule has 0 fully saturated rings. The van der Waals surface area contributed by atoms with Crippen LogP contribution in [-0.4, -0.2) is 45.5 Å². The highest BCUT2D eigenvalue weighted by Crippen LogP contribution is 2.32. The number of aromatic nitrogens is 3. The fraction of sp³-hybridized carbons (Fsp3) is 0.118. The molecule has 0 radical (unpaired) electrons. The van der Waals surface area contributed by atoms with Crippen molar-refractivity contribution in [1.29, 1.82) is 0 Å². The molecule has 3 aromatic rings. The molecule has 0 aliphatic carbocycles. The largest absolute Gasteiger partial charge is 0.465 e. The number of carboxylic acid groups (broad SMARTS) is 1. The van der Waals surface area contributed by atoms with Crippen LogP contribution in [-0.2, 0) is 16.6 Å². The van der Waals surface area contributed by atoms with Gasteiger partial charge in [-0.15, -0.1) is 0 Å². The van der Waals surface area contributed by atoms with Crippen LogP contribution in [0.2, 0.25) is 0 Å². The Hall–Kier alpha value is -3.41. The molecule has 3 heterocycles. The zero-order valence-electron chi connectivity index (χ0n) is 14.8. The van der Waals surface area contributed by atoms with Crippen molar-refractivity contribution in [2.24, 2.45) is 0 Å². The molecule has 0 aliphatic rings. The predicted molar refractivity (Wildman–Crippen MR) is 93.8 cm³/mol. The first-order chi connectivity index (χ1) is 13.6. The van der Waals surface area contributed by atoms with E-state index in [4.69, 9.17) is 5.11 Å². The number of nitrogens with zero attached hydrogens (tertiary/aromatic N) is 4. The van der Waals surface area contributed by atoms with Gasteiger partial charge in [0.05, 0.1) is 18.3 Å². The third-order valence-corrected chi connectivity index (χ3v) is 5.53. The SMILES string of the molecule is CN(Cc1cn(S(=O)(=O)c2ccc(F)cn2)c(-c2cccnc2F)c1F)C(=O)O. The van der Waals surface area contributed by atoms with Crippen LogP contribution in [0.25, 0.3) is 11.3 Å². The summed E-state index contributed by atoms with van der Waals surface area (Å²) in [6, 6.07) is 4.12. The van der Waals surface area contributed by atoms with Gasteiger partial charge in [0.15, 0.2) is 10.8 Å². The molecule has 0 saturated carbocycles. The first-order valence-corrected chi connectivity index (χ1v) is 9.38. The fourth-order valence-corrected chi connectivity index (χ4v) is 3.86. The molecule has 0 unspecified atom stereocenters. The third-order valence-electron chi connectivity index (χ3n) is 3.96. The Kier molecular flexibility index (Phi) is 5.29. The third kappa shape index (κ3) is 3.78. The van der Waals surface area contributed by atoms with E-state index in [9.17, 15) is 22.0 Å². The predicted octanol–water partition coefficient (Wildman–Crippen LogP) is 2.71. The smallest absolute Gasteiger partial charge is 0.407 e. The minimum absolute atomic E-state index is 0.321. The van der Waals surface area contributed by atoms with Crippen LogP contribution in [0.15, 0.2) is 47.9 Å². The van der Waals surface area contributed by atoms with E-state index in [0.29, 0.717) is 10.2 Å². The monoisotopic (exact) mass is 426 g/mol. The summed E-state index contributed by atoms with van der Waals surface area (Å²) in [6.07, 6.45) is 1.21. The van der Waals surface area contributed by atoms with Crippen LogP contribution in [0.4, 0.5) is 18.0 Å². The number of hydrogen-bond donors (Lipinski definition) is 1. The van der Waals surface area contributed by atoms with Crippen LogP contribution in [0, 0.1) is 17.6 Å². The summed E-state index contributed by atoms with van der Waals surface area (Å²) in [7, 11) is -3.42. The molecule has 3 aromatic heterocycles. The van der Waals surface area contributed by atoms with Gasteiger partial charge in [-0.2, -0.15) is 12.8 Å². The van der Waals surface area contributed by atoms with Crippen molar-refractivity contribution in [3.8, 4) is 11.3 Å². The van der Waals surface area contributed by atoms with Gasteiger partial charge in [0.2, 0.25) is 5.95 Å². The molecular formula is C17H13F3N4O4S. The van der Waals surface area contributed by atoms with E-state index in [1.165, 1.54) is 6.07 Å². The molecule has 0 saturated heterocycles. The molecule has 0 aromatic carbocycles. The first-order valence-electron chi connectivity index (χ1n) is 7.94. The van der Waals surface area contributed by atoms with Crippen molar-refractivity contribution in [3.05, 3.63) is 66.0 Å². The number of hydrogen-bond acceptors (Lipinski definition) is 5. The molecule has 1 N–H and O–H groups in total. The van der Waals surface area contributed by atoms with E-state index in [1.54, 1.807) is 0 Å². The Morgan fingerprint density at radius 1 is 1.21 bits per heavy atom. The molecule has 0 bridgehead atoms. The van der Waals surface area contributed by atoms with E-state index in [0.717, 1.165) is 42.5 Å². The van der Waals surface area contributed by atoms with Crippen LogP contribution < -0.4 is 0 Å². The van der Waals surface area contributed by atoms with Gasteiger partial charge in [-0.25, -0.2) is 27.5 Å². The van der Waals surface area contributed by atoms with Gasteiger partial charge in [-0.1, -0.05) is 0 Å². The number of amides is 1. The summed E-state index contributed by atoms with van der Waals surface area (Å²) in [5.41, 5.74) is -1.46. The minimum Gasteiger partial charge on any atom is -0.465 e. The lowest BCUT2D eigenvalue weighted by atomic mass is 10.2. The summed E-state index contributed by atoms with van der Waals surface area (Å²) >= 11 is 0. The Bertz CT molecular complexity index is 1180. The minimum atomic E-state index is -4.57. The van der Waals surface area contributed by atoms with Gasteiger partial charge >= 0.3 is 6.09 Å². The van der Waals surface area contributed by atoms with Crippen LogP contribution in [0.3, 0.4) is 0 Å². The molecule has 12 heteroatoms. The molecule has 0 atom stereocenters. The normalized spacial score (nSPS) is 11.4. The van der Waals surface area contributed by atoms with Crippen molar-refractivity contribution in [2.75, 3.05) is 7.05 Å². The summed E-state index contributed by atoms with van der Waals surface area (Å²) in [5, 5.41) is 8.38. The highest BCUT2D eigenvalue weighted by molar-refractivity contribution is 7.90. The lowest BCUT2D eigenvalue weighted by molar-refractivity contribution is 0.153. The number of carbonyl (C=O) groups is 1. The molecule has 0 spiro atoms. The average molecular weight is 426 g/mol. The molecule has 8 nitrogen and oxygen atoms in total. The second-order valence-electron chi connectivity index (χ2n) is 5.91. The number of pyridine rings is 2. The first kappa shape index (κ1) is 20.3. The molecule has 3 rings (SSSR count). The van der Waals surface area contributed by atoms with Crippen LogP contribution in [0.1, 0.15) is 5.56 Å². The number of rotatable bonds is 5. The maximum atomic E-state index is 15.1. The second kappa shape index (κ2) is 7.54. The summed E-state index contributed by atoms with van der Waals surface area (Å²) in [4.78, 5) is 18.6. The lowest BCUT2D eigenvalue weighted by Crippen LogP contribution is -2.24. The number of halogens is 3. The van der Waals surface area contributed by atoms with Gasteiger partial charge in [-0.3, -0.25) is 0 Å². The summed E-state index contributed by atoms with van der Waals surface area (Å²) < 4.78 is 68.8. The Morgan fingerprint density at radius 3 is 2.52 bits per heavy atom. The second-order valence-corrected chi connectivity index (χ2v) is 7.67. The zero-order chi connectivity index (χ0) is 21.3. The topological polar surface area (TPSA) is 105 Å². The maximum absolute atomic E-state index is 15.1. The lowest BCUT2D eigenvalue weighted by Gasteiger charge is -2.11. The van der Waals surface area contributed by atoms with Gasteiger partial charge in [0, 0.05) is 25.0 Å². The van der Waals surface area contributed by atoms with Gasteiger partial charge in [0.25, 0.3) is 10.0 Å². The Balaban J connectivity index is 2.26. The van der Waals surface area contributed by atoms with E-state index < -0.39 is 56.5 Å².